The average Bonchev–Trinajstić information content (AvgIpc) is 1.00. The van der Waals surface area contributed by atoms with Gasteiger partial charge in [-0.1, -0.05) is 0 Å². The first-order valence-corrected chi connectivity index (χ1v) is 0.333. The molecule has 0 aromatic heterocycles. The van der Waals surface area contributed by atoms with Gasteiger partial charge in [0.1, 0.15) is 0 Å². The van der Waals surface area contributed by atoms with E-state index in [-0.39, 0.29) is 59.1 Å². The van der Waals surface area contributed by atoms with Crippen LogP contribution in [-0.2, 0) is 0 Å². The fraction of sp³-hybridized carbons (Fsp3) is 0. The quantitative estimate of drug-likeness (QED) is 0.192. The van der Waals surface area contributed by atoms with Crippen molar-refractivity contribution in [1.29, 1.82) is 0 Å². The van der Waals surface area contributed by atoms with E-state index in [1.165, 1.54) is 0 Å². The predicted molar refractivity (Wildman–Crippen MR) is 22.7 cm³/mol. The molecule has 0 amide bonds. The SMILES string of the molecule is NN.[NaH].[NaH]. The molecule has 0 atom stereocenters. The van der Waals surface area contributed by atoms with Gasteiger partial charge in [-0.3, -0.25) is 11.7 Å². The fourth-order valence-corrected chi connectivity index (χ4v) is 0. The van der Waals surface area contributed by atoms with Crippen molar-refractivity contribution in [2.75, 3.05) is 0 Å². The van der Waals surface area contributed by atoms with Crippen LogP contribution in [0, 0.1) is 0 Å². The van der Waals surface area contributed by atoms with Crippen LogP contribution in [0.3, 0.4) is 0 Å². The average molecular weight is 80.0 g/mol. The van der Waals surface area contributed by atoms with Crippen LogP contribution in [-0.4, -0.2) is 59.1 Å². The molecular weight excluding hydrogens is 74.0 g/mol. The first-order chi connectivity index (χ1) is 1.00. The van der Waals surface area contributed by atoms with E-state index in [0.717, 1.165) is 0 Å². The van der Waals surface area contributed by atoms with Gasteiger partial charge in [0, 0.05) is 0 Å². The molecule has 0 heterocycles. The Kier molecular flexibility index (Phi) is 86.2. The Labute approximate surface area is 69.9 Å². The zero-order chi connectivity index (χ0) is 2.00. The van der Waals surface area contributed by atoms with E-state index in [2.05, 4.69) is 11.7 Å². The van der Waals surface area contributed by atoms with Crippen LogP contribution in [0.25, 0.3) is 0 Å². The van der Waals surface area contributed by atoms with Gasteiger partial charge >= 0.3 is 59.1 Å². The van der Waals surface area contributed by atoms with E-state index in [4.69, 9.17) is 0 Å². The first kappa shape index (κ1) is 16.8. The van der Waals surface area contributed by atoms with Crippen molar-refractivity contribution >= 4 is 59.1 Å². The third kappa shape index (κ3) is 9.07. The van der Waals surface area contributed by atoms with Gasteiger partial charge in [-0.2, -0.15) is 0 Å². The summed E-state index contributed by atoms with van der Waals surface area (Å²) in [4.78, 5) is 0. The third-order valence-corrected chi connectivity index (χ3v) is 0. The molecule has 0 fully saturated rings. The van der Waals surface area contributed by atoms with E-state index in [1.807, 2.05) is 0 Å². The van der Waals surface area contributed by atoms with Crippen molar-refractivity contribution in [2.24, 2.45) is 11.7 Å². The summed E-state index contributed by atoms with van der Waals surface area (Å²) in [6.45, 7) is 0. The second-order valence-electron chi connectivity index (χ2n) is 0. The molecule has 0 rings (SSSR count). The summed E-state index contributed by atoms with van der Waals surface area (Å²) in [6.07, 6.45) is 0. The van der Waals surface area contributed by atoms with E-state index >= 15 is 0 Å². The molecule has 0 spiro atoms. The summed E-state index contributed by atoms with van der Waals surface area (Å²) in [7, 11) is 0. The summed E-state index contributed by atoms with van der Waals surface area (Å²) in [5.74, 6) is 8.00. The summed E-state index contributed by atoms with van der Waals surface area (Å²) < 4.78 is 0. The van der Waals surface area contributed by atoms with E-state index in [0.29, 0.717) is 0 Å². The maximum absolute atomic E-state index is 4.00. The van der Waals surface area contributed by atoms with Crippen LogP contribution >= 0.6 is 0 Å². The Morgan fingerprint density at radius 1 is 0.750 bits per heavy atom. The topological polar surface area (TPSA) is 52.0 Å². The Bertz CT molecular complexity index is 4.00. The number of hydrazine groups is 1. The Morgan fingerprint density at radius 3 is 0.750 bits per heavy atom. The van der Waals surface area contributed by atoms with Crippen molar-refractivity contribution in [2.45, 2.75) is 0 Å². The molecule has 0 aromatic rings. The predicted octanol–water partition coefficient (Wildman–Crippen LogP) is -2.48. The monoisotopic (exact) mass is 80.0 g/mol. The summed E-state index contributed by atoms with van der Waals surface area (Å²) >= 11 is 0. The summed E-state index contributed by atoms with van der Waals surface area (Å²) in [6, 6.07) is 0. The molecule has 0 saturated heterocycles. The van der Waals surface area contributed by atoms with E-state index in [9.17, 15) is 0 Å². The number of hydrogen-bond donors (Lipinski definition) is 2. The molecule has 0 unspecified atom stereocenters. The first-order valence-electron chi connectivity index (χ1n) is 0.333. The molecule has 2 nitrogen and oxygen atoms in total. The van der Waals surface area contributed by atoms with Crippen molar-refractivity contribution in [3.05, 3.63) is 0 Å². The van der Waals surface area contributed by atoms with Crippen LogP contribution in [0.2, 0.25) is 0 Å². The minimum atomic E-state index is 0. The molecule has 4 N–H and O–H groups in total. The fourth-order valence-electron chi connectivity index (χ4n) is 0. The molecule has 0 bridgehead atoms. The molecular formula is H6N2Na2. The maximum atomic E-state index is 4.00. The second-order valence-corrected chi connectivity index (χ2v) is 0. The van der Waals surface area contributed by atoms with E-state index in [1.54, 1.807) is 0 Å². The van der Waals surface area contributed by atoms with Gasteiger partial charge in [0.15, 0.2) is 0 Å². The van der Waals surface area contributed by atoms with Crippen LogP contribution in [0.1, 0.15) is 0 Å². The van der Waals surface area contributed by atoms with Gasteiger partial charge in [0.25, 0.3) is 0 Å². The molecule has 4 heteroatoms. The summed E-state index contributed by atoms with van der Waals surface area (Å²) in [5.41, 5.74) is 0. The standard InChI is InChI=1S/H4N2.2Na.2H/c1-2;;;;/h1-2H2;;;;. The van der Waals surface area contributed by atoms with Gasteiger partial charge in [-0.25, -0.2) is 0 Å². The molecule has 0 saturated carbocycles. The zero-order valence-electron chi connectivity index (χ0n) is 1.15. The van der Waals surface area contributed by atoms with Gasteiger partial charge in [0.2, 0.25) is 0 Å². The van der Waals surface area contributed by atoms with Crippen LogP contribution in [0.4, 0.5) is 0 Å². The van der Waals surface area contributed by atoms with Crippen LogP contribution in [0.5, 0.6) is 0 Å². The zero-order valence-corrected chi connectivity index (χ0v) is 1.15. The Morgan fingerprint density at radius 2 is 0.750 bits per heavy atom. The minimum absolute atomic E-state index is 0. The molecule has 0 aliphatic heterocycles. The Hall–Kier alpha value is 1.92. The molecule has 0 aromatic carbocycles. The Balaban J connectivity index is -0.00000000500. The molecule has 18 valence electrons. The molecule has 4 heavy (non-hydrogen) atoms. The third-order valence-electron chi connectivity index (χ3n) is 0. The van der Waals surface area contributed by atoms with Crippen molar-refractivity contribution < 1.29 is 0 Å². The van der Waals surface area contributed by atoms with Crippen molar-refractivity contribution in [1.82, 2.24) is 0 Å². The molecule has 0 aliphatic rings. The van der Waals surface area contributed by atoms with Crippen molar-refractivity contribution in [3.63, 3.8) is 0 Å². The second kappa shape index (κ2) is 20.5. The van der Waals surface area contributed by atoms with E-state index < -0.39 is 0 Å². The molecule has 0 radical (unpaired) electrons. The normalized spacial score (nSPS) is 1.50. The van der Waals surface area contributed by atoms with Gasteiger partial charge < -0.3 is 0 Å². The van der Waals surface area contributed by atoms with Gasteiger partial charge in [-0.05, 0) is 0 Å². The van der Waals surface area contributed by atoms with Crippen LogP contribution in [0.15, 0.2) is 0 Å². The number of hydrogen-bond acceptors (Lipinski definition) is 2. The van der Waals surface area contributed by atoms with Crippen molar-refractivity contribution in [3.8, 4) is 0 Å². The number of nitrogens with two attached hydrogens (primary N) is 2. The van der Waals surface area contributed by atoms with Crippen LogP contribution < -0.4 is 11.7 Å². The van der Waals surface area contributed by atoms with Gasteiger partial charge in [0.05, 0.1) is 0 Å². The molecule has 0 aliphatic carbocycles. The summed E-state index contributed by atoms with van der Waals surface area (Å²) in [5, 5.41) is 0. The van der Waals surface area contributed by atoms with Gasteiger partial charge in [-0.15, -0.1) is 0 Å². The number of rotatable bonds is 0.